The highest BCUT2D eigenvalue weighted by Crippen LogP contribution is 2.24. The molecule has 2 N–H and O–H groups in total. The lowest BCUT2D eigenvalue weighted by Crippen LogP contribution is -2.30. The van der Waals surface area contributed by atoms with Gasteiger partial charge in [-0.15, -0.1) is 21.5 Å². The van der Waals surface area contributed by atoms with Gasteiger partial charge in [-0.05, 0) is 24.4 Å². The fourth-order valence-electron chi connectivity index (χ4n) is 3.17. The maximum Gasteiger partial charge on any atom is 0.270 e. The number of rotatable bonds is 4. The molecule has 136 valence electrons. The van der Waals surface area contributed by atoms with Crippen molar-refractivity contribution in [1.82, 2.24) is 35.2 Å². The van der Waals surface area contributed by atoms with Gasteiger partial charge in [-0.2, -0.15) is 5.10 Å². The summed E-state index contributed by atoms with van der Waals surface area (Å²) in [6.07, 6.45) is 0.847. The third kappa shape index (κ3) is 3.15. The second-order valence-electron chi connectivity index (χ2n) is 6.34. The Morgan fingerprint density at radius 1 is 1.38 bits per heavy atom. The number of hydrogen-bond acceptors (Lipinski definition) is 6. The van der Waals surface area contributed by atoms with E-state index in [1.54, 1.807) is 23.1 Å². The summed E-state index contributed by atoms with van der Waals surface area (Å²) in [6, 6.07) is 5.56. The van der Waals surface area contributed by atoms with Gasteiger partial charge >= 0.3 is 0 Å². The third-order valence-electron chi connectivity index (χ3n) is 4.51. The minimum Gasteiger partial charge on any atom is -0.341 e. The minimum atomic E-state index is -0.234. The molecule has 4 heterocycles. The maximum atomic E-state index is 12.8. The molecule has 0 unspecified atom stereocenters. The van der Waals surface area contributed by atoms with E-state index in [9.17, 15) is 4.79 Å². The molecule has 0 bridgehead atoms. The van der Waals surface area contributed by atoms with Crippen molar-refractivity contribution in [2.45, 2.75) is 25.9 Å². The minimum absolute atomic E-state index is 0.167. The molecule has 1 atom stereocenters. The molecule has 0 fully saturated rings. The fraction of sp³-hybridized carbons (Fsp3) is 0.412. The molecule has 1 amide bonds. The van der Waals surface area contributed by atoms with Crippen molar-refractivity contribution in [3.63, 3.8) is 0 Å². The van der Waals surface area contributed by atoms with Crippen LogP contribution < -0.4 is 10.6 Å². The molecule has 4 rings (SSSR count). The van der Waals surface area contributed by atoms with Gasteiger partial charge in [-0.25, -0.2) is 0 Å². The molecule has 9 heteroatoms. The molecule has 0 aromatic carbocycles. The molecule has 8 nitrogen and oxygen atoms in total. The SMILES string of the molecule is C[C@H](NC(=O)c1cc(-c2cccs2)nn1C)c1nnc2n1CCNCC2. The summed E-state index contributed by atoms with van der Waals surface area (Å²) in [5.41, 5.74) is 1.33. The first-order valence-corrected chi connectivity index (χ1v) is 9.53. The average molecular weight is 371 g/mol. The van der Waals surface area contributed by atoms with Gasteiger partial charge in [-0.1, -0.05) is 6.07 Å². The summed E-state index contributed by atoms with van der Waals surface area (Å²) in [7, 11) is 1.78. The highest BCUT2D eigenvalue weighted by atomic mass is 32.1. The van der Waals surface area contributed by atoms with E-state index in [0.29, 0.717) is 5.69 Å². The molecule has 0 saturated carbocycles. The van der Waals surface area contributed by atoms with Crippen LogP contribution in [0.15, 0.2) is 23.6 Å². The zero-order valence-electron chi connectivity index (χ0n) is 14.8. The number of fused-ring (bicyclic) bond motifs is 1. The van der Waals surface area contributed by atoms with Crippen LogP contribution in [-0.2, 0) is 20.0 Å². The number of aryl methyl sites for hydroxylation is 1. The Hall–Kier alpha value is -2.52. The first-order chi connectivity index (χ1) is 12.6. The molecule has 0 aliphatic carbocycles. The molecular formula is C17H21N7OS. The molecule has 0 saturated heterocycles. The molecular weight excluding hydrogens is 350 g/mol. The van der Waals surface area contributed by atoms with E-state index in [0.717, 1.165) is 48.3 Å². The van der Waals surface area contributed by atoms with Crippen molar-refractivity contribution in [1.29, 1.82) is 0 Å². The summed E-state index contributed by atoms with van der Waals surface area (Å²) < 4.78 is 3.72. The molecule has 1 aliphatic rings. The predicted molar refractivity (Wildman–Crippen MR) is 99.0 cm³/mol. The highest BCUT2D eigenvalue weighted by Gasteiger charge is 2.22. The van der Waals surface area contributed by atoms with Gasteiger partial charge in [-0.3, -0.25) is 9.48 Å². The van der Waals surface area contributed by atoms with E-state index in [-0.39, 0.29) is 11.9 Å². The maximum absolute atomic E-state index is 12.8. The summed E-state index contributed by atoms with van der Waals surface area (Å²) in [5, 5.41) is 21.4. The quantitative estimate of drug-likeness (QED) is 0.723. The average Bonchev–Trinajstić information content (AvgIpc) is 3.32. The second-order valence-corrected chi connectivity index (χ2v) is 7.28. The fourth-order valence-corrected chi connectivity index (χ4v) is 3.86. The number of carbonyl (C=O) groups is 1. The zero-order chi connectivity index (χ0) is 18.1. The Morgan fingerprint density at radius 2 is 2.27 bits per heavy atom. The Balaban J connectivity index is 1.53. The number of amides is 1. The smallest absolute Gasteiger partial charge is 0.270 e. The Morgan fingerprint density at radius 3 is 3.08 bits per heavy atom. The number of thiophene rings is 1. The van der Waals surface area contributed by atoms with E-state index in [1.165, 1.54) is 0 Å². The van der Waals surface area contributed by atoms with E-state index >= 15 is 0 Å². The van der Waals surface area contributed by atoms with Crippen molar-refractivity contribution in [3.8, 4) is 10.6 Å². The van der Waals surface area contributed by atoms with Crippen LogP contribution in [0, 0.1) is 0 Å². The summed E-state index contributed by atoms with van der Waals surface area (Å²) in [4.78, 5) is 13.8. The lowest BCUT2D eigenvalue weighted by Gasteiger charge is -2.15. The number of hydrogen-bond donors (Lipinski definition) is 2. The van der Waals surface area contributed by atoms with E-state index < -0.39 is 0 Å². The van der Waals surface area contributed by atoms with Gasteiger partial charge in [0.25, 0.3) is 5.91 Å². The number of aromatic nitrogens is 5. The van der Waals surface area contributed by atoms with E-state index in [2.05, 4.69) is 30.5 Å². The van der Waals surface area contributed by atoms with Crippen LogP contribution in [0.3, 0.4) is 0 Å². The predicted octanol–water partition coefficient (Wildman–Crippen LogP) is 1.38. The topological polar surface area (TPSA) is 89.7 Å². The number of carbonyl (C=O) groups excluding carboxylic acids is 1. The van der Waals surface area contributed by atoms with Crippen molar-refractivity contribution < 1.29 is 4.79 Å². The van der Waals surface area contributed by atoms with Crippen molar-refractivity contribution in [2.24, 2.45) is 7.05 Å². The number of nitrogens with zero attached hydrogens (tertiary/aromatic N) is 5. The molecule has 0 radical (unpaired) electrons. The molecule has 1 aliphatic heterocycles. The monoisotopic (exact) mass is 371 g/mol. The van der Waals surface area contributed by atoms with Crippen LogP contribution in [0.4, 0.5) is 0 Å². The molecule has 3 aromatic heterocycles. The standard InChI is InChI=1S/C17H21N7OS/c1-11(16-21-20-15-5-6-18-7-8-24(15)16)19-17(25)13-10-12(22-23(13)2)14-4-3-9-26-14/h3-4,9-11,18H,5-8H2,1-2H3,(H,19,25)/t11-/m0/s1. The van der Waals surface area contributed by atoms with Gasteiger partial charge < -0.3 is 15.2 Å². The molecule has 3 aromatic rings. The van der Waals surface area contributed by atoms with Crippen LogP contribution in [0.1, 0.15) is 35.1 Å². The second kappa shape index (κ2) is 7.00. The first kappa shape index (κ1) is 16.9. The summed E-state index contributed by atoms with van der Waals surface area (Å²) in [5.74, 6) is 1.59. The van der Waals surface area contributed by atoms with Gasteiger partial charge in [0.1, 0.15) is 17.2 Å². The normalized spacial score (nSPS) is 15.3. The van der Waals surface area contributed by atoms with Gasteiger partial charge in [0.05, 0.1) is 10.9 Å². The van der Waals surface area contributed by atoms with Crippen molar-refractivity contribution in [3.05, 3.63) is 40.9 Å². The van der Waals surface area contributed by atoms with Gasteiger partial charge in [0.2, 0.25) is 0 Å². The Kier molecular flexibility index (Phi) is 4.56. The van der Waals surface area contributed by atoms with E-state index in [1.807, 2.05) is 30.5 Å². The highest BCUT2D eigenvalue weighted by molar-refractivity contribution is 7.13. The Labute approximate surface area is 155 Å². The molecule has 0 spiro atoms. The lowest BCUT2D eigenvalue weighted by molar-refractivity contribution is 0.0928. The number of nitrogens with one attached hydrogen (secondary N) is 2. The van der Waals surface area contributed by atoms with Crippen LogP contribution in [0.25, 0.3) is 10.6 Å². The van der Waals surface area contributed by atoms with Crippen molar-refractivity contribution >= 4 is 17.2 Å². The summed E-state index contributed by atoms with van der Waals surface area (Å²) in [6.45, 7) is 4.53. The third-order valence-corrected chi connectivity index (χ3v) is 5.41. The Bertz CT molecular complexity index is 912. The zero-order valence-corrected chi connectivity index (χ0v) is 15.6. The summed E-state index contributed by atoms with van der Waals surface area (Å²) >= 11 is 1.60. The largest absolute Gasteiger partial charge is 0.341 e. The van der Waals surface area contributed by atoms with Crippen LogP contribution in [-0.4, -0.2) is 43.5 Å². The van der Waals surface area contributed by atoms with Gasteiger partial charge in [0, 0.05) is 33.1 Å². The molecule has 26 heavy (non-hydrogen) atoms. The van der Waals surface area contributed by atoms with Crippen molar-refractivity contribution in [2.75, 3.05) is 13.1 Å². The first-order valence-electron chi connectivity index (χ1n) is 8.65. The van der Waals surface area contributed by atoms with Crippen LogP contribution >= 0.6 is 11.3 Å². The van der Waals surface area contributed by atoms with Crippen LogP contribution in [0.5, 0.6) is 0 Å². The van der Waals surface area contributed by atoms with Gasteiger partial charge in [0.15, 0.2) is 5.82 Å². The lowest BCUT2D eigenvalue weighted by atomic mass is 10.2. The van der Waals surface area contributed by atoms with Crippen LogP contribution in [0.2, 0.25) is 0 Å². The van der Waals surface area contributed by atoms with E-state index in [4.69, 9.17) is 0 Å².